The van der Waals surface area contributed by atoms with Crippen LogP contribution in [0.25, 0.3) is 4.48 Å². The molecule has 114 valence electrons. The maximum atomic E-state index is 13.1. The zero-order valence-electron chi connectivity index (χ0n) is 12.7. The molecule has 0 radical (unpaired) electrons. The molecule has 2 aromatic carbocycles. The molecule has 0 bridgehead atoms. The largest absolute Gasteiger partial charge is 0.321 e. The Hall–Kier alpha value is -1.87. The molecule has 2 nitrogen and oxygen atoms in total. The molecule has 1 saturated heterocycles. The van der Waals surface area contributed by atoms with E-state index in [1.54, 1.807) is 0 Å². The van der Waals surface area contributed by atoms with E-state index < -0.39 is 0 Å². The SMILES string of the molecule is O=C1c2ccccc2C23C(=C(Br)c4ccccc42)CCCCN13. The van der Waals surface area contributed by atoms with Gasteiger partial charge < -0.3 is 4.90 Å². The molecule has 3 heteroatoms. The molecule has 0 saturated carbocycles. The third-order valence-electron chi connectivity index (χ3n) is 5.51. The normalized spacial score (nSPS) is 24.9. The van der Waals surface area contributed by atoms with E-state index in [1.165, 1.54) is 21.2 Å². The lowest BCUT2D eigenvalue weighted by molar-refractivity contribution is 0.0685. The second kappa shape index (κ2) is 4.57. The van der Waals surface area contributed by atoms with E-state index in [0.717, 1.165) is 36.9 Å². The quantitative estimate of drug-likeness (QED) is 0.663. The first-order chi connectivity index (χ1) is 11.3. The molecule has 2 aromatic rings. The van der Waals surface area contributed by atoms with Gasteiger partial charge in [0.25, 0.3) is 5.91 Å². The summed E-state index contributed by atoms with van der Waals surface area (Å²) < 4.78 is 1.18. The van der Waals surface area contributed by atoms with Crippen LogP contribution in [-0.4, -0.2) is 17.4 Å². The molecule has 5 rings (SSSR count). The van der Waals surface area contributed by atoms with Gasteiger partial charge in [0, 0.05) is 16.6 Å². The second-order valence-corrected chi connectivity index (χ2v) is 7.30. The van der Waals surface area contributed by atoms with E-state index in [9.17, 15) is 4.79 Å². The van der Waals surface area contributed by atoms with Crippen LogP contribution in [0.3, 0.4) is 0 Å². The van der Waals surface area contributed by atoms with E-state index in [1.807, 2.05) is 12.1 Å². The van der Waals surface area contributed by atoms with Crippen molar-refractivity contribution in [3.05, 3.63) is 76.4 Å². The van der Waals surface area contributed by atoms with Gasteiger partial charge in [-0.25, -0.2) is 0 Å². The first-order valence-electron chi connectivity index (χ1n) is 8.16. The molecule has 0 N–H and O–H groups in total. The Morgan fingerprint density at radius 2 is 1.57 bits per heavy atom. The summed E-state index contributed by atoms with van der Waals surface area (Å²) in [6.07, 6.45) is 3.23. The maximum absolute atomic E-state index is 13.1. The summed E-state index contributed by atoms with van der Waals surface area (Å²) >= 11 is 3.86. The van der Waals surface area contributed by atoms with Gasteiger partial charge in [-0.3, -0.25) is 4.79 Å². The van der Waals surface area contributed by atoms with Gasteiger partial charge in [-0.1, -0.05) is 58.4 Å². The first-order valence-corrected chi connectivity index (χ1v) is 8.96. The van der Waals surface area contributed by atoms with Crippen molar-refractivity contribution < 1.29 is 4.79 Å². The van der Waals surface area contributed by atoms with Gasteiger partial charge in [-0.05, 0) is 47.6 Å². The van der Waals surface area contributed by atoms with Crippen LogP contribution in [0, 0.1) is 0 Å². The average Bonchev–Trinajstić information content (AvgIpc) is 2.88. The lowest BCUT2D eigenvalue weighted by atomic mass is 9.79. The standard InChI is InChI=1S/C20H16BrNO/c21-18-13-7-1-3-9-15(13)20-16-10-4-2-8-14(16)19(23)22(20)12-6-5-11-17(18)20/h1-4,7-10H,5-6,11-12H2. The summed E-state index contributed by atoms with van der Waals surface area (Å²) in [7, 11) is 0. The summed E-state index contributed by atoms with van der Waals surface area (Å²) in [6.45, 7) is 0.825. The fourth-order valence-electron chi connectivity index (χ4n) is 4.65. The highest BCUT2D eigenvalue weighted by atomic mass is 79.9. The minimum absolute atomic E-state index is 0.178. The number of hydrogen-bond donors (Lipinski definition) is 0. The molecule has 1 aliphatic carbocycles. The second-order valence-electron chi connectivity index (χ2n) is 6.51. The van der Waals surface area contributed by atoms with Crippen LogP contribution in [-0.2, 0) is 5.54 Å². The smallest absolute Gasteiger partial charge is 0.255 e. The number of nitrogens with zero attached hydrogens (tertiary/aromatic N) is 1. The number of carbonyl (C=O) groups is 1. The molecule has 1 unspecified atom stereocenters. The molecule has 2 aliphatic heterocycles. The first kappa shape index (κ1) is 13.6. The number of benzene rings is 2. The van der Waals surface area contributed by atoms with E-state index in [4.69, 9.17) is 0 Å². The number of halogens is 1. The third-order valence-corrected chi connectivity index (χ3v) is 6.42. The number of rotatable bonds is 0. The van der Waals surface area contributed by atoms with Gasteiger partial charge in [-0.2, -0.15) is 0 Å². The average molecular weight is 366 g/mol. The van der Waals surface area contributed by atoms with E-state index in [-0.39, 0.29) is 11.4 Å². The highest BCUT2D eigenvalue weighted by Gasteiger charge is 2.57. The van der Waals surface area contributed by atoms with Crippen LogP contribution in [0.2, 0.25) is 0 Å². The molecular formula is C20H16BrNO. The molecule has 3 aliphatic rings. The van der Waals surface area contributed by atoms with Crippen LogP contribution in [0.1, 0.15) is 46.3 Å². The highest BCUT2D eigenvalue weighted by Crippen LogP contribution is 2.60. The third kappa shape index (κ3) is 1.47. The van der Waals surface area contributed by atoms with Crippen LogP contribution >= 0.6 is 15.9 Å². The minimum atomic E-state index is -0.389. The Morgan fingerprint density at radius 1 is 0.913 bits per heavy atom. The van der Waals surface area contributed by atoms with Crippen molar-refractivity contribution in [2.24, 2.45) is 0 Å². The number of carbonyl (C=O) groups excluding carboxylic acids is 1. The monoisotopic (exact) mass is 365 g/mol. The number of fused-ring (bicyclic) bond motifs is 2. The fourth-order valence-corrected chi connectivity index (χ4v) is 5.48. The highest BCUT2D eigenvalue weighted by molar-refractivity contribution is 9.15. The molecular weight excluding hydrogens is 350 g/mol. The minimum Gasteiger partial charge on any atom is -0.321 e. The van der Waals surface area contributed by atoms with Gasteiger partial charge >= 0.3 is 0 Å². The van der Waals surface area contributed by atoms with Gasteiger partial charge in [-0.15, -0.1) is 0 Å². The Bertz CT molecular complexity index is 885. The van der Waals surface area contributed by atoms with Crippen molar-refractivity contribution in [3.63, 3.8) is 0 Å². The zero-order chi connectivity index (χ0) is 15.6. The summed E-state index contributed by atoms with van der Waals surface area (Å²) in [4.78, 5) is 15.2. The van der Waals surface area contributed by atoms with Crippen molar-refractivity contribution in [1.29, 1.82) is 0 Å². The number of amides is 1. The Morgan fingerprint density at radius 3 is 2.35 bits per heavy atom. The Labute approximate surface area is 143 Å². The van der Waals surface area contributed by atoms with Crippen molar-refractivity contribution in [1.82, 2.24) is 4.90 Å². The summed E-state index contributed by atoms with van der Waals surface area (Å²) in [5.41, 5.74) is 5.47. The lowest BCUT2D eigenvalue weighted by Crippen LogP contribution is -2.44. The summed E-state index contributed by atoms with van der Waals surface area (Å²) in [5.74, 6) is 0.178. The maximum Gasteiger partial charge on any atom is 0.255 e. The summed E-state index contributed by atoms with van der Waals surface area (Å²) in [5, 5.41) is 0. The van der Waals surface area contributed by atoms with E-state index in [2.05, 4.69) is 57.2 Å². The number of hydrogen-bond acceptors (Lipinski definition) is 1. The summed E-state index contributed by atoms with van der Waals surface area (Å²) in [6, 6.07) is 16.7. The van der Waals surface area contributed by atoms with Gasteiger partial charge in [0.05, 0.1) is 0 Å². The molecule has 1 fully saturated rings. The molecule has 1 amide bonds. The van der Waals surface area contributed by atoms with Crippen molar-refractivity contribution in [2.45, 2.75) is 24.8 Å². The van der Waals surface area contributed by atoms with Crippen LogP contribution in [0.5, 0.6) is 0 Å². The van der Waals surface area contributed by atoms with Gasteiger partial charge in [0.1, 0.15) is 5.54 Å². The van der Waals surface area contributed by atoms with E-state index >= 15 is 0 Å². The van der Waals surface area contributed by atoms with E-state index in [0.29, 0.717) is 0 Å². The molecule has 23 heavy (non-hydrogen) atoms. The Balaban J connectivity index is 1.94. The predicted octanol–water partition coefficient (Wildman–Crippen LogP) is 4.69. The van der Waals surface area contributed by atoms with Crippen molar-refractivity contribution in [3.8, 4) is 0 Å². The van der Waals surface area contributed by atoms with Gasteiger partial charge in [0.15, 0.2) is 0 Å². The van der Waals surface area contributed by atoms with Crippen molar-refractivity contribution in [2.75, 3.05) is 6.54 Å². The molecule has 2 heterocycles. The Kier molecular flexibility index (Phi) is 2.70. The zero-order valence-corrected chi connectivity index (χ0v) is 14.3. The molecule has 0 aromatic heterocycles. The lowest BCUT2D eigenvalue weighted by Gasteiger charge is -2.38. The predicted molar refractivity (Wildman–Crippen MR) is 94.4 cm³/mol. The topological polar surface area (TPSA) is 20.3 Å². The van der Waals surface area contributed by atoms with Crippen LogP contribution in [0.15, 0.2) is 54.1 Å². The van der Waals surface area contributed by atoms with Gasteiger partial charge in [0.2, 0.25) is 0 Å². The van der Waals surface area contributed by atoms with Crippen LogP contribution in [0.4, 0.5) is 0 Å². The van der Waals surface area contributed by atoms with Crippen molar-refractivity contribution >= 4 is 26.3 Å². The van der Waals surface area contributed by atoms with Crippen LogP contribution < -0.4 is 0 Å². The molecule has 1 spiro atoms. The fraction of sp³-hybridized carbons (Fsp3) is 0.250. The molecule has 1 atom stereocenters.